The molecule has 0 amide bonds. The van der Waals surface area contributed by atoms with Crippen LogP contribution in [0, 0.1) is 5.82 Å². The van der Waals surface area contributed by atoms with Crippen molar-refractivity contribution in [2.45, 2.75) is 13.1 Å². The van der Waals surface area contributed by atoms with Gasteiger partial charge in [-0.15, -0.1) is 0 Å². The number of hydrogen-bond acceptors (Lipinski definition) is 3. The number of aliphatic imine (C=N–C) groups is 1. The molecule has 6 heteroatoms. The van der Waals surface area contributed by atoms with Crippen molar-refractivity contribution in [2.75, 3.05) is 21.2 Å². The van der Waals surface area contributed by atoms with Crippen LogP contribution in [0.25, 0.3) is 0 Å². The Balaban J connectivity index is 2.01. The Morgan fingerprint density at radius 2 is 2.04 bits per heavy atom. The fraction of sp³-hybridized carbons (Fsp3) is 0.278. The van der Waals surface area contributed by atoms with Crippen LogP contribution in [0.4, 0.5) is 4.39 Å². The standard InChI is InChI=1S/C18H22FN3O2/c1-20-18(21-11-13-8-9-16(23)15(19)10-13)22(2)12-14-6-4-5-7-17(14)24-3/h4-10,23H,11-12H2,1-3H3,(H,20,21). The zero-order chi connectivity index (χ0) is 17.5. The van der Waals surface area contributed by atoms with Crippen LogP contribution in [0.3, 0.4) is 0 Å². The lowest BCUT2D eigenvalue weighted by Crippen LogP contribution is -2.38. The summed E-state index contributed by atoms with van der Waals surface area (Å²) in [6, 6.07) is 12.1. The second kappa shape index (κ2) is 8.19. The van der Waals surface area contributed by atoms with Gasteiger partial charge in [0.05, 0.1) is 7.11 Å². The zero-order valence-electron chi connectivity index (χ0n) is 14.1. The molecule has 24 heavy (non-hydrogen) atoms. The van der Waals surface area contributed by atoms with Crippen molar-refractivity contribution in [1.29, 1.82) is 0 Å². The Labute approximate surface area is 141 Å². The average Bonchev–Trinajstić information content (AvgIpc) is 2.59. The second-order valence-electron chi connectivity index (χ2n) is 5.35. The number of methoxy groups -OCH3 is 1. The highest BCUT2D eigenvalue weighted by Gasteiger charge is 2.10. The topological polar surface area (TPSA) is 57.1 Å². The Morgan fingerprint density at radius 1 is 1.29 bits per heavy atom. The summed E-state index contributed by atoms with van der Waals surface area (Å²) >= 11 is 0. The summed E-state index contributed by atoms with van der Waals surface area (Å²) in [5.74, 6) is 0.512. The largest absolute Gasteiger partial charge is 0.505 e. The van der Waals surface area contributed by atoms with Crippen molar-refractivity contribution in [2.24, 2.45) is 4.99 Å². The van der Waals surface area contributed by atoms with E-state index in [1.807, 2.05) is 36.2 Å². The Morgan fingerprint density at radius 3 is 2.71 bits per heavy atom. The van der Waals surface area contributed by atoms with Crippen LogP contribution in [-0.4, -0.2) is 37.2 Å². The Bertz CT molecular complexity index is 719. The van der Waals surface area contributed by atoms with Gasteiger partial charge >= 0.3 is 0 Å². The van der Waals surface area contributed by atoms with E-state index in [0.29, 0.717) is 19.0 Å². The summed E-state index contributed by atoms with van der Waals surface area (Å²) in [5.41, 5.74) is 1.76. The molecule has 0 aliphatic rings. The number of benzene rings is 2. The van der Waals surface area contributed by atoms with Crippen LogP contribution < -0.4 is 10.1 Å². The number of nitrogens with one attached hydrogen (secondary N) is 1. The average molecular weight is 331 g/mol. The first kappa shape index (κ1) is 17.6. The molecule has 0 radical (unpaired) electrons. The minimum atomic E-state index is -0.633. The van der Waals surface area contributed by atoms with Gasteiger partial charge in [0.15, 0.2) is 17.5 Å². The number of nitrogens with zero attached hydrogens (tertiary/aromatic N) is 2. The van der Waals surface area contributed by atoms with Gasteiger partial charge in [0.1, 0.15) is 5.75 Å². The molecule has 2 aromatic carbocycles. The number of hydrogen-bond donors (Lipinski definition) is 2. The molecule has 128 valence electrons. The van der Waals surface area contributed by atoms with Crippen molar-refractivity contribution in [3.8, 4) is 11.5 Å². The summed E-state index contributed by atoms with van der Waals surface area (Å²) in [7, 11) is 5.25. The molecule has 0 saturated carbocycles. The van der Waals surface area contributed by atoms with E-state index in [1.165, 1.54) is 12.1 Å². The molecular weight excluding hydrogens is 309 g/mol. The molecule has 2 rings (SSSR count). The SMILES string of the molecule is CN=C(NCc1ccc(O)c(F)c1)N(C)Cc1ccccc1OC. The van der Waals surface area contributed by atoms with E-state index in [4.69, 9.17) is 4.74 Å². The smallest absolute Gasteiger partial charge is 0.193 e. The summed E-state index contributed by atoms with van der Waals surface area (Å²) in [6.45, 7) is 1.02. The van der Waals surface area contributed by atoms with E-state index >= 15 is 0 Å². The summed E-state index contributed by atoms with van der Waals surface area (Å²) in [6.07, 6.45) is 0. The number of guanidine groups is 1. The van der Waals surface area contributed by atoms with Gasteiger partial charge in [-0.05, 0) is 23.8 Å². The summed E-state index contributed by atoms with van der Waals surface area (Å²) in [5, 5.41) is 12.4. The van der Waals surface area contributed by atoms with Gasteiger partial charge in [0.2, 0.25) is 0 Å². The third-order valence-electron chi connectivity index (χ3n) is 3.64. The summed E-state index contributed by atoms with van der Waals surface area (Å²) in [4.78, 5) is 6.20. The highest BCUT2D eigenvalue weighted by molar-refractivity contribution is 5.79. The molecule has 0 fully saturated rings. The summed E-state index contributed by atoms with van der Waals surface area (Å²) < 4.78 is 18.7. The first-order valence-electron chi connectivity index (χ1n) is 7.56. The number of phenolic OH excluding ortho intramolecular Hbond substituents is 1. The predicted octanol–water partition coefficient (Wildman–Crippen LogP) is 2.75. The molecule has 2 N–H and O–H groups in total. The first-order valence-corrected chi connectivity index (χ1v) is 7.56. The lowest BCUT2D eigenvalue weighted by atomic mass is 10.2. The van der Waals surface area contributed by atoms with Gasteiger partial charge in [0, 0.05) is 32.7 Å². The molecule has 0 atom stereocenters. The fourth-order valence-electron chi connectivity index (χ4n) is 2.39. The number of phenols is 1. The number of para-hydroxylation sites is 1. The molecule has 0 spiro atoms. The monoisotopic (exact) mass is 331 g/mol. The van der Waals surface area contributed by atoms with Gasteiger partial charge in [-0.3, -0.25) is 4.99 Å². The van der Waals surface area contributed by atoms with Crippen LogP contribution in [0.1, 0.15) is 11.1 Å². The van der Waals surface area contributed by atoms with E-state index in [-0.39, 0.29) is 5.75 Å². The molecule has 0 bridgehead atoms. The van der Waals surface area contributed by atoms with Gasteiger partial charge in [-0.2, -0.15) is 0 Å². The maximum atomic E-state index is 13.4. The number of halogens is 1. The molecule has 0 aliphatic carbocycles. The van der Waals surface area contributed by atoms with E-state index in [0.717, 1.165) is 16.9 Å². The van der Waals surface area contributed by atoms with Crippen molar-refractivity contribution in [3.05, 3.63) is 59.4 Å². The van der Waals surface area contributed by atoms with Crippen LogP contribution in [0.5, 0.6) is 11.5 Å². The number of ether oxygens (including phenoxy) is 1. The highest BCUT2D eigenvalue weighted by Crippen LogP contribution is 2.19. The van der Waals surface area contributed by atoms with Gasteiger partial charge in [-0.25, -0.2) is 4.39 Å². The van der Waals surface area contributed by atoms with E-state index in [9.17, 15) is 9.50 Å². The molecule has 5 nitrogen and oxygen atoms in total. The number of rotatable bonds is 5. The van der Waals surface area contributed by atoms with Crippen molar-refractivity contribution >= 4 is 5.96 Å². The third kappa shape index (κ3) is 4.38. The van der Waals surface area contributed by atoms with Crippen molar-refractivity contribution in [1.82, 2.24) is 10.2 Å². The van der Waals surface area contributed by atoms with Crippen molar-refractivity contribution < 1.29 is 14.2 Å². The predicted molar refractivity (Wildman–Crippen MR) is 92.7 cm³/mol. The third-order valence-corrected chi connectivity index (χ3v) is 3.64. The normalized spacial score (nSPS) is 11.2. The van der Waals surface area contributed by atoms with E-state index < -0.39 is 5.82 Å². The lowest BCUT2D eigenvalue weighted by Gasteiger charge is -2.23. The van der Waals surface area contributed by atoms with Crippen LogP contribution in [-0.2, 0) is 13.1 Å². The zero-order valence-corrected chi connectivity index (χ0v) is 14.1. The van der Waals surface area contributed by atoms with E-state index in [1.54, 1.807) is 20.2 Å². The quantitative estimate of drug-likeness (QED) is 0.653. The Kier molecular flexibility index (Phi) is 6.01. The molecule has 0 saturated heterocycles. The maximum absolute atomic E-state index is 13.4. The first-order chi connectivity index (χ1) is 11.5. The van der Waals surface area contributed by atoms with E-state index in [2.05, 4.69) is 10.3 Å². The minimum absolute atomic E-state index is 0.351. The van der Waals surface area contributed by atoms with Crippen LogP contribution in [0.2, 0.25) is 0 Å². The maximum Gasteiger partial charge on any atom is 0.193 e. The van der Waals surface area contributed by atoms with Gasteiger partial charge in [-0.1, -0.05) is 24.3 Å². The molecular formula is C18H22FN3O2. The molecule has 0 unspecified atom stereocenters. The molecule has 0 aromatic heterocycles. The minimum Gasteiger partial charge on any atom is -0.505 e. The molecule has 0 aliphatic heterocycles. The molecule has 0 heterocycles. The second-order valence-corrected chi connectivity index (χ2v) is 5.35. The van der Waals surface area contributed by atoms with Gasteiger partial charge in [0.25, 0.3) is 0 Å². The molecule has 2 aromatic rings. The van der Waals surface area contributed by atoms with Gasteiger partial charge < -0.3 is 20.1 Å². The fourth-order valence-corrected chi connectivity index (χ4v) is 2.39. The highest BCUT2D eigenvalue weighted by atomic mass is 19.1. The van der Waals surface area contributed by atoms with Crippen LogP contribution in [0.15, 0.2) is 47.5 Å². The lowest BCUT2D eigenvalue weighted by molar-refractivity contribution is 0.396. The van der Waals surface area contributed by atoms with Crippen LogP contribution >= 0.6 is 0 Å². The Hall–Kier alpha value is -2.76. The number of aromatic hydroxyl groups is 1. The van der Waals surface area contributed by atoms with Crippen molar-refractivity contribution in [3.63, 3.8) is 0 Å².